The second-order valence-electron chi connectivity index (χ2n) is 5.53. The van der Waals surface area contributed by atoms with Crippen LogP contribution in [0.15, 0.2) is 29.2 Å². The highest BCUT2D eigenvalue weighted by atomic mass is 35.5. The summed E-state index contributed by atoms with van der Waals surface area (Å²) in [7, 11) is -3.33. The predicted octanol–water partition coefficient (Wildman–Crippen LogP) is 1.62. The summed E-state index contributed by atoms with van der Waals surface area (Å²) in [6.07, 6.45) is 1.11. The van der Waals surface area contributed by atoms with E-state index in [9.17, 15) is 13.2 Å². The van der Waals surface area contributed by atoms with Crippen molar-refractivity contribution in [2.75, 3.05) is 12.8 Å². The smallest absolute Gasteiger partial charge is 0.251 e. The number of nitrogens with two attached hydrogens (primary N) is 1. The van der Waals surface area contributed by atoms with E-state index in [1.54, 1.807) is 12.1 Å². The SMILES string of the molecule is CC(C)C(C)(CN)NC(=O)c1cccc(S(C)(=O)=O)c1.Cl. The molecule has 5 nitrogen and oxygen atoms in total. The van der Waals surface area contributed by atoms with Crippen LogP contribution in [0, 0.1) is 5.92 Å². The summed E-state index contributed by atoms with van der Waals surface area (Å²) in [6, 6.07) is 5.99. The number of sulfone groups is 1. The first-order valence-electron chi connectivity index (χ1n) is 6.43. The molecule has 120 valence electrons. The Morgan fingerprint density at radius 3 is 2.38 bits per heavy atom. The van der Waals surface area contributed by atoms with Gasteiger partial charge in [0.1, 0.15) is 0 Å². The minimum Gasteiger partial charge on any atom is -0.345 e. The van der Waals surface area contributed by atoms with Crippen LogP contribution in [0.25, 0.3) is 0 Å². The first-order chi connectivity index (χ1) is 9.10. The molecular weight excluding hydrogens is 312 g/mol. The van der Waals surface area contributed by atoms with Gasteiger partial charge in [-0.3, -0.25) is 4.79 Å². The second-order valence-corrected chi connectivity index (χ2v) is 7.55. The number of carbonyl (C=O) groups excluding carboxylic acids is 1. The molecule has 0 bridgehead atoms. The molecule has 0 saturated heterocycles. The molecule has 0 aliphatic carbocycles. The summed E-state index contributed by atoms with van der Waals surface area (Å²) in [5, 5.41) is 2.88. The lowest BCUT2D eigenvalue weighted by Crippen LogP contribution is -2.55. The van der Waals surface area contributed by atoms with E-state index < -0.39 is 15.4 Å². The maximum absolute atomic E-state index is 12.2. The summed E-state index contributed by atoms with van der Waals surface area (Å²) >= 11 is 0. The molecule has 1 aromatic rings. The Kier molecular flexibility index (Phi) is 6.86. The lowest BCUT2D eigenvalue weighted by atomic mass is 9.88. The zero-order chi connectivity index (χ0) is 15.6. The highest BCUT2D eigenvalue weighted by molar-refractivity contribution is 7.90. The molecule has 0 saturated carbocycles. The minimum atomic E-state index is -3.33. The maximum atomic E-state index is 12.2. The van der Waals surface area contributed by atoms with Crippen molar-refractivity contribution in [3.05, 3.63) is 29.8 Å². The van der Waals surface area contributed by atoms with Crippen LogP contribution in [0.2, 0.25) is 0 Å². The van der Waals surface area contributed by atoms with Crippen molar-refractivity contribution in [2.45, 2.75) is 31.2 Å². The summed E-state index contributed by atoms with van der Waals surface area (Å²) in [4.78, 5) is 12.4. The second kappa shape index (κ2) is 7.24. The van der Waals surface area contributed by atoms with Gasteiger partial charge in [-0.15, -0.1) is 12.4 Å². The van der Waals surface area contributed by atoms with E-state index in [1.165, 1.54) is 12.1 Å². The number of benzene rings is 1. The molecule has 0 aliphatic rings. The number of nitrogens with one attached hydrogen (secondary N) is 1. The molecule has 21 heavy (non-hydrogen) atoms. The van der Waals surface area contributed by atoms with E-state index >= 15 is 0 Å². The van der Waals surface area contributed by atoms with Crippen LogP contribution >= 0.6 is 12.4 Å². The Bertz CT molecular complexity index is 602. The van der Waals surface area contributed by atoms with Gasteiger partial charge >= 0.3 is 0 Å². The van der Waals surface area contributed by atoms with Gasteiger partial charge in [-0.2, -0.15) is 0 Å². The maximum Gasteiger partial charge on any atom is 0.251 e. The number of halogens is 1. The Balaban J connectivity index is 0.00000400. The van der Waals surface area contributed by atoms with Crippen molar-refractivity contribution in [1.82, 2.24) is 5.32 Å². The Labute approximate surface area is 132 Å². The van der Waals surface area contributed by atoms with Gasteiger partial charge < -0.3 is 11.1 Å². The van der Waals surface area contributed by atoms with Crippen LogP contribution in [0.5, 0.6) is 0 Å². The average Bonchev–Trinajstić information content (AvgIpc) is 2.37. The van der Waals surface area contributed by atoms with Crippen molar-refractivity contribution in [2.24, 2.45) is 11.7 Å². The fraction of sp³-hybridized carbons (Fsp3) is 0.500. The van der Waals surface area contributed by atoms with E-state index in [0.717, 1.165) is 6.26 Å². The van der Waals surface area contributed by atoms with Crippen LogP contribution < -0.4 is 11.1 Å². The average molecular weight is 335 g/mol. The molecule has 7 heteroatoms. The normalized spacial score (nSPS) is 14.2. The van der Waals surface area contributed by atoms with Crippen LogP contribution in [-0.4, -0.2) is 32.7 Å². The van der Waals surface area contributed by atoms with Gasteiger partial charge in [0, 0.05) is 18.4 Å². The van der Waals surface area contributed by atoms with E-state index in [2.05, 4.69) is 5.32 Å². The van der Waals surface area contributed by atoms with Crippen LogP contribution in [-0.2, 0) is 9.84 Å². The van der Waals surface area contributed by atoms with Gasteiger partial charge in [0.05, 0.1) is 10.4 Å². The summed E-state index contributed by atoms with van der Waals surface area (Å²) < 4.78 is 23.0. The van der Waals surface area contributed by atoms with Crippen LogP contribution in [0.4, 0.5) is 0 Å². The standard InChI is InChI=1S/C14H22N2O3S.ClH/c1-10(2)14(3,9-15)16-13(17)11-6-5-7-12(8-11)20(4,18)19;/h5-8,10H,9,15H2,1-4H3,(H,16,17);1H. The summed E-state index contributed by atoms with van der Waals surface area (Å²) in [6.45, 7) is 6.12. The Morgan fingerprint density at radius 1 is 1.38 bits per heavy atom. The molecule has 3 N–H and O–H groups in total. The van der Waals surface area contributed by atoms with E-state index in [-0.39, 0.29) is 29.1 Å². The van der Waals surface area contributed by atoms with Crippen molar-refractivity contribution in [1.29, 1.82) is 0 Å². The quantitative estimate of drug-likeness (QED) is 0.856. The fourth-order valence-corrected chi connectivity index (χ4v) is 2.30. The van der Waals surface area contributed by atoms with Gasteiger partial charge in [-0.1, -0.05) is 19.9 Å². The molecule has 0 aliphatic heterocycles. The summed E-state index contributed by atoms with van der Waals surface area (Å²) in [5.74, 6) is -0.160. The lowest BCUT2D eigenvalue weighted by molar-refractivity contribution is 0.0883. The number of hydrogen-bond acceptors (Lipinski definition) is 4. The van der Waals surface area contributed by atoms with Crippen LogP contribution in [0.1, 0.15) is 31.1 Å². The molecule has 0 spiro atoms. The van der Waals surface area contributed by atoms with Crippen LogP contribution in [0.3, 0.4) is 0 Å². The molecule has 1 aromatic carbocycles. The minimum absolute atomic E-state index is 0. The third-order valence-electron chi connectivity index (χ3n) is 3.62. The molecule has 0 aromatic heterocycles. The first-order valence-corrected chi connectivity index (χ1v) is 8.32. The van der Waals surface area contributed by atoms with Gasteiger partial charge in [0.25, 0.3) is 5.91 Å². The van der Waals surface area contributed by atoms with E-state index in [0.29, 0.717) is 12.1 Å². The first kappa shape index (κ1) is 19.9. The zero-order valence-electron chi connectivity index (χ0n) is 12.7. The highest BCUT2D eigenvalue weighted by Gasteiger charge is 2.29. The number of carbonyl (C=O) groups is 1. The molecular formula is C14H23ClN2O3S. The Morgan fingerprint density at radius 2 is 1.95 bits per heavy atom. The molecule has 1 rings (SSSR count). The van der Waals surface area contributed by atoms with Gasteiger partial charge in [-0.05, 0) is 31.0 Å². The molecule has 1 unspecified atom stereocenters. The fourth-order valence-electron chi connectivity index (χ4n) is 1.63. The van der Waals surface area contributed by atoms with E-state index in [1.807, 2.05) is 20.8 Å². The molecule has 1 atom stereocenters. The van der Waals surface area contributed by atoms with Crippen molar-refractivity contribution in [3.8, 4) is 0 Å². The Hall–Kier alpha value is -1.11. The van der Waals surface area contributed by atoms with Gasteiger partial charge in [0.15, 0.2) is 9.84 Å². The van der Waals surface area contributed by atoms with E-state index in [4.69, 9.17) is 5.73 Å². The summed E-state index contributed by atoms with van der Waals surface area (Å²) in [5.41, 5.74) is 5.51. The highest BCUT2D eigenvalue weighted by Crippen LogP contribution is 2.17. The van der Waals surface area contributed by atoms with Gasteiger partial charge in [0.2, 0.25) is 0 Å². The largest absolute Gasteiger partial charge is 0.345 e. The topological polar surface area (TPSA) is 89.3 Å². The molecule has 0 heterocycles. The predicted molar refractivity (Wildman–Crippen MR) is 86.6 cm³/mol. The van der Waals surface area contributed by atoms with Gasteiger partial charge in [-0.25, -0.2) is 8.42 Å². The number of hydrogen-bond donors (Lipinski definition) is 2. The third kappa shape index (κ3) is 4.98. The molecule has 0 radical (unpaired) electrons. The zero-order valence-corrected chi connectivity index (χ0v) is 14.3. The van der Waals surface area contributed by atoms with Crippen molar-refractivity contribution < 1.29 is 13.2 Å². The molecule has 0 fully saturated rings. The van der Waals surface area contributed by atoms with Crippen molar-refractivity contribution in [3.63, 3.8) is 0 Å². The number of rotatable bonds is 5. The number of amides is 1. The van der Waals surface area contributed by atoms with Crippen molar-refractivity contribution >= 4 is 28.2 Å². The third-order valence-corrected chi connectivity index (χ3v) is 4.73. The monoisotopic (exact) mass is 334 g/mol. The lowest BCUT2D eigenvalue weighted by Gasteiger charge is -2.33. The molecule has 1 amide bonds.